The number of nitro benzene ring substituents is 1. The molecule has 8 nitrogen and oxygen atoms in total. The fraction of sp³-hybridized carbons (Fsp3) is 0. The number of nitrogens with zero attached hydrogens (tertiary/aromatic N) is 2. The van der Waals surface area contributed by atoms with Crippen LogP contribution in [-0.2, 0) is 0 Å². The Balaban J connectivity index is 2.13. The minimum Gasteiger partial charge on any atom is -0.508 e. The maximum absolute atomic E-state index is 11.9. The predicted molar refractivity (Wildman–Crippen MR) is 77.9 cm³/mol. The Morgan fingerprint density at radius 1 is 1.23 bits per heavy atom. The molecule has 0 atom stereocenters. The van der Waals surface area contributed by atoms with Gasteiger partial charge in [-0.2, -0.15) is 5.10 Å². The Hall–Kier alpha value is -3.42. The number of amides is 1. The van der Waals surface area contributed by atoms with Crippen molar-refractivity contribution in [2.75, 3.05) is 0 Å². The molecule has 2 aromatic rings. The van der Waals surface area contributed by atoms with Gasteiger partial charge >= 0.3 is 0 Å². The van der Waals surface area contributed by atoms with E-state index in [0.29, 0.717) is 0 Å². The van der Waals surface area contributed by atoms with Crippen molar-refractivity contribution < 1.29 is 19.9 Å². The van der Waals surface area contributed by atoms with E-state index in [2.05, 4.69) is 10.5 Å². The molecule has 112 valence electrons. The molecule has 0 bridgehead atoms. The van der Waals surface area contributed by atoms with Crippen molar-refractivity contribution in [1.29, 1.82) is 0 Å². The summed E-state index contributed by atoms with van der Waals surface area (Å²) in [6.45, 7) is 0. The summed E-state index contributed by atoms with van der Waals surface area (Å²) in [4.78, 5) is 22.0. The van der Waals surface area contributed by atoms with Crippen molar-refractivity contribution in [2.24, 2.45) is 5.10 Å². The lowest BCUT2D eigenvalue weighted by molar-refractivity contribution is -0.385. The zero-order chi connectivity index (χ0) is 16.1. The van der Waals surface area contributed by atoms with Crippen LogP contribution in [0.3, 0.4) is 0 Å². The topological polar surface area (TPSA) is 125 Å². The van der Waals surface area contributed by atoms with Gasteiger partial charge in [0.1, 0.15) is 17.1 Å². The van der Waals surface area contributed by atoms with Gasteiger partial charge in [-0.1, -0.05) is 12.1 Å². The number of hydrogen-bond acceptors (Lipinski definition) is 6. The number of rotatable bonds is 4. The fourth-order valence-corrected chi connectivity index (χ4v) is 1.69. The average Bonchev–Trinajstić information content (AvgIpc) is 2.49. The highest BCUT2D eigenvalue weighted by Gasteiger charge is 2.18. The van der Waals surface area contributed by atoms with Crippen molar-refractivity contribution >= 4 is 17.8 Å². The normalized spacial score (nSPS) is 10.5. The summed E-state index contributed by atoms with van der Waals surface area (Å²) in [6, 6.07) is 9.32. The third-order valence-corrected chi connectivity index (χ3v) is 2.73. The number of nitrogens with one attached hydrogen (secondary N) is 1. The molecule has 8 heteroatoms. The zero-order valence-electron chi connectivity index (χ0n) is 11.1. The van der Waals surface area contributed by atoms with Crippen LogP contribution in [-0.4, -0.2) is 27.3 Å². The Kier molecular flexibility index (Phi) is 4.33. The van der Waals surface area contributed by atoms with Gasteiger partial charge in [0.25, 0.3) is 11.6 Å². The van der Waals surface area contributed by atoms with E-state index in [1.165, 1.54) is 36.4 Å². The summed E-state index contributed by atoms with van der Waals surface area (Å²) in [7, 11) is 0. The SMILES string of the molecule is O=C(N/N=C/c1ccc(O)cc1O)c1ccccc1[N+](=O)[O-]. The van der Waals surface area contributed by atoms with Crippen molar-refractivity contribution in [1.82, 2.24) is 5.43 Å². The molecule has 3 N–H and O–H groups in total. The first-order chi connectivity index (χ1) is 10.5. The standard InChI is InChI=1S/C14H11N3O5/c18-10-6-5-9(13(19)7-10)8-15-16-14(20)11-3-1-2-4-12(11)17(21)22/h1-8,18-19H,(H,16,20)/b15-8+. The van der Waals surface area contributed by atoms with Crippen LogP contribution in [0.4, 0.5) is 5.69 Å². The molecule has 0 saturated carbocycles. The molecule has 22 heavy (non-hydrogen) atoms. The molecule has 0 aromatic heterocycles. The molecule has 0 heterocycles. The van der Waals surface area contributed by atoms with E-state index in [-0.39, 0.29) is 28.3 Å². The molecule has 0 saturated heterocycles. The Morgan fingerprint density at radius 3 is 2.64 bits per heavy atom. The van der Waals surface area contributed by atoms with Gasteiger partial charge < -0.3 is 10.2 Å². The number of hydrogen-bond donors (Lipinski definition) is 3. The van der Waals surface area contributed by atoms with Crippen LogP contribution in [0.5, 0.6) is 11.5 Å². The van der Waals surface area contributed by atoms with Gasteiger partial charge in [0.05, 0.1) is 11.1 Å². The molecule has 0 aliphatic rings. The first-order valence-corrected chi connectivity index (χ1v) is 6.08. The van der Waals surface area contributed by atoms with E-state index in [0.717, 1.165) is 12.3 Å². The predicted octanol–water partition coefficient (Wildman–Crippen LogP) is 1.77. The number of aromatic hydroxyl groups is 2. The fourth-order valence-electron chi connectivity index (χ4n) is 1.69. The third-order valence-electron chi connectivity index (χ3n) is 2.73. The Labute approximate surface area is 124 Å². The molecular weight excluding hydrogens is 290 g/mol. The maximum Gasteiger partial charge on any atom is 0.282 e. The second-order valence-electron chi connectivity index (χ2n) is 4.22. The van der Waals surface area contributed by atoms with Crippen LogP contribution < -0.4 is 5.43 Å². The number of benzene rings is 2. The van der Waals surface area contributed by atoms with E-state index in [1.807, 2.05) is 0 Å². The van der Waals surface area contributed by atoms with E-state index < -0.39 is 10.8 Å². The van der Waals surface area contributed by atoms with E-state index in [9.17, 15) is 20.0 Å². The second kappa shape index (κ2) is 6.35. The van der Waals surface area contributed by atoms with Gasteiger partial charge in [-0.3, -0.25) is 14.9 Å². The number of nitro groups is 1. The van der Waals surface area contributed by atoms with Crippen LogP contribution in [0.1, 0.15) is 15.9 Å². The number of phenolic OH excluding ortho intramolecular Hbond substituents is 2. The van der Waals surface area contributed by atoms with Gasteiger partial charge in [-0.25, -0.2) is 5.43 Å². The Bertz CT molecular complexity index is 758. The van der Waals surface area contributed by atoms with Crippen molar-refractivity contribution in [3.8, 4) is 11.5 Å². The summed E-state index contributed by atoms with van der Waals surface area (Å²) < 4.78 is 0. The lowest BCUT2D eigenvalue weighted by atomic mass is 10.2. The van der Waals surface area contributed by atoms with Gasteiger partial charge in [0, 0.05) is 17.7 Å². The molecule has 0 radical (unpaired) electrons. The molecule has 2 aromatic carbocycles. The third kappa shape index (κ3) is 3.37. The minimum atomic E-state index is -0.748. The summed E-state index contributed by atoms with van der Waals surface area (Å²) in [5.74, 6) is -1.08. The van der Waals surface area contributed by atoms with Crippen LogP contribution in [0.2, 0.25) is 0 Å². The summed E-state index contributed by atoms with van der Waals surface area (Å²) >= 11 is 0. The first-order valence-electron chi connectivity index (χ1n) is 6.08. The van der Waals surface area contributed by atoms with E-state index in [4.69, 9.17) is 5.11 Å². The number of carbonyl (C=O) groups is 1. The van der Waals surface area contributed by atoms with Crippen molar-refractivity contribution in [2.45, 2.75) is 0 Å². The largest absolute Gasteiger partial charge is 0.508 e. The van der Waals surface area contributed by atoms with Crippen LogP contribution in [0, 0.1) is 10.1 Å². The maximum atomic E-state index is 11.9. The quantitative estimate of drug-likeness (QED) is 0.451. The number of para-hydroxylation sites is 1. The highest BCUT2D eigenvalue weighted by Crippen LogP contribution is 2.21. The minimum absolute atomic E-state index is 0.112. The second-order valence-corrected chi connectivity index (χ2v) is 4.22. The highest BCUT2D eigenvalue weighted by molar-refractivity contribution is 5.98. The number of carbonyl (C=O) groups excluding carboxylic acids is 1. The smallest absolute Gasteiger partial charge is 0.282 e. The van der Waals surface area contributed by atoms with Crippen LogP contribution >= 0.6 is 0 Å². The first kappa shape index (κ1) is 15.0. The molecule has 1 amide bonds. The molecule has 0 fully saturated rings. The molecule has 0 aliphatic heterocycles. The number of hydrazone groups is 1. The van der Waals surface area contributed by atoms with Crippen molar-refractivity contribution in [3.05, 3.63) is 63.7 Å². The van der Waals surface area contributed by atoms with Gasteiger partial charge in [-0.05, 0) is 18.2 Å². The molecule has 2 rings (SSSR count). The zero-order valence-corrected chi connectivity index (χ0v) is 11.1. The van der Waals surface area contributed by atoms with Crippen LogP contribution in [0.25, 0.3) is 0 Å². The van der Waals surface area contributed by atoms with E-state index >= 15 is 0 Å². The average molecular weight is 301 g/mol. The van der Waals surface area contributed by atoms with E-state index in [1.54, 1.807) is 0 Å². The summed E-state index contributed by atoms with van der Waals surface area (Å²) in [6.07, 6.45) is 1.15. The molecule has 0 aliphatic carbocycles. The molecule has 0 spiro atoms. The molecular formula is C14H11N3O5. The Morgan fingerprint density at radius 2 is 1.95 bits per heavy atom. The highest BCUT2D eigenvalue weighted by atomic mass is 16.6. The summed E-state index contributed by atoms with van der Waals surface area (Å²) in [5, 5.41) is 33.1. The lowest BCUT2D eigenvalue weighted by Gasteiger charge is -2.02. The van der Waals surface area contributed by atoms with Gasteiger partial charge in [0.15, 0.2) is 0 Å². The molecule has 0 unspecified atom stereocenters. The van der Waals surface area contributed by atoms with Crippen molar-refractivity contribution in [3.63, 3.8) is 0 Å². The number of phenols is 2. The van der Waals surface area contributed by atoms with Gasteiger partial charge in [0.2, 0.25) is 0 Å². The lowest BCUT2D eigenvalue weighted by Crippen LogP contribution is -2.18. The summed E-state index contributed by atoms with van der Waals surface area (Å²) in [5.41, 5.74) is 1.95. The van der Waals surface area contributed by atoms with Crippen LogP contribution in [0.15, 0.2) is 47.6 Å². The van der Waals surface area contributed by atoms with Gasteiger partial charge in [-0.15, -0.1) is 0 Å². The monoisotopic (exact) mass is 301 g/mol.